The van der Waals surface area contributed by atoms with Crippen LogP contribution >= 0.6 is 22.6 Å². The number of carbonyl (C=O) groups is 4. The van der Waals surface area contributed by atoms with Gasteiger partial charge in [-0.15, -0.1) is 0 Å². The lowest BCUT2D eigenvalue weighted by molar-refractivity contribution is -0.226. The van der Waals surface area contributed by atoms with Gasteiger partial charge < -0.3 is 14.2 Å². The minimum absolute atomic E-state index is 0.389. The summed E-state index contributed by atoms with van der Waals surface area (Å²) in [6.07, 6.45) is 1.07. The normalized spacial score (nSPS) is 30.1. The first-order valence-electron chi connectivity index (χ1n) is 8.60. The van der Waals surface area contributed by atoms with Crippen molar-refractivity contribution in [2.45, 2.75) is 31.8 Å². The van der Waals surface area contributed by atoms with Gasteiger partial charge in [-0.3, -0.25) is 19.2 Å². The summed E-state index contributed by atoms with van der Waals surface area (Å²) in [5.74, 6) is -4.00. The van der Waals surface area contributed by atoms with E-state index >= 15 is 0 Å². The van der Waals surface area contributed by atoms with Crippen LogP contribution in [0, 0.1) is 15.4 Å². The summed E-state index contributed by atoms with van der Waals surface area (Å²) >= 11 is 2.06. The van der Waals surface area contributed by atoms with Crippen molar-refractivity contribution in [1.82, 2.24) is 0 Å². The van der Waals surface area contributed by atoms with E-state index in [0.29, 0.717) is 5.69 Å². The molecule has 9 heteroatoms. The molecule has 2 fully saturated rings. The first-order chi connectivity index (χ1) is 13.3. The highest BCUT2D eigenvalue weighted by molar-refractivity contribution is 14.1. The number of amides is 2. The number of hydrogen-bond acceptors (Lipinski definition) is 7. The van der Waals surface area contributed by atoms with Crippen LogP contribution in [0.4, 0.5) is 5.69 Å². The minimum Gasteiger partial charge on any atom is -0.422 e. The van der Waals surface area contributed by atoms with Crippen LogP contribution in [0.15, 0.2) is 36.4 Å². The van der Waals surface area contributed by atoms with E-state index < -0.39 is 47.7 Å². The van der Waals surface area contributed by atoms with Gasteiger partial charge in [0.1, 0.15) is 0 Å². The van der Waals surface area contributed by atoms with Crippen molar-refractivity contribution in [1.29, 1.82) is 0 Å². The summed E-state index contributed by atoms with van der Waals surface area (Å²) in [6.45, 7) is 2.33. The van der Waals surface area contributed by atoms with Crippen molar-refractivity contribution in [2.75, 3.05) is 4.90 Å². The summed E-state index contributed by atoms with van der Waals surface area (Å²) in [5, 5.41) is 0. The second-order valence-electron chi connectivity index (χ2n) is 6.81. The van der Waals surface area contributed by atoms with Crippen LogP contribution in [-0.2, 0) is 33.4 Å². The Hall–Kier alpha value is -2.27. The lowest BCUT2D eigenvalue weighted by Gasteiger charge is -2.34. The SMILES string of the molecule is CC(=O)OC(OC(C)=O)[C@@]12C=C[C@@H](O1)[C@@H]1C(=O)N(c3ccccc3I)C(=O)[C@@H]12. The molecule has 2 amide bonds. The fourth-order valence-corrected chi connectivity index (χ4v) is 4.72. The number of nitrogens with zero attached hydrogens (tertiary/aromatic N) is 1. The van der Waals surface area contributed by atoms with Crippen LogP contribution < -0.4 is 4.90 Å². The molecule has 1 aromatic carbocycles. The molecule has 4 rings (SSSR count). The van der Waals surface area contributed by atoms with Gasteiger partial charge in [-0.1, -0.05) is 18.2 Å². The van der Waals surface area contributed by atoms with Gasteiger partial charge in [-0.25, -0.2) is 4.90 Å². The molecule has 8 nitrogen and oxygen atoms in total. The molecule has 0 saturated carbocycles. The van der Waals surface area contributed by atoms with Gasteiger partial charge in [0.05, 0.1) is 23.6 Å². The number of benzene rings is 1. The molecule has 2 bridgehead atoms. The highest BCUT2D eigenvalue weighted by atomic mass is 127. The molecule has 2 saturated heterocycles. The average Bonchev–Trinajstić information content (AvgIpc) is 3.26. The monoisotopic (exact) mass is 497 g/mol. The van der Waals surface area contributed by atoms with Crippen LogP contribution in [0.3, 0.4) is 0 Å². The first kappa shape index (κ1) is 19.1. The summed E-state index contributed by atoms with van der Waals surface area (Å²) in [6, 6.07) is 7.04. The molecular weight excluding hydrogens is 481 g/mol. The van der Waals surface area contributed by atoms with Gasteiger partial charge >= 0.3 is 11.9 Å². The zero-order valence-corrected chi connectivity index (χ0v) is 17.1. The maximum absolute atomic E-state index is 13.3. The zero-order valence-electron chi connectivity index (χ0n) is 15.0. The van der Waals surface area contributed by atoms with Crippen LogP contribution in [0.1, 0.15) is 13.8 Å². The lowest BCUT2D eigenvalue weighted by Crippen LogP contribution is -2.52. The van der Waals surface area contributed by atoms with Crippen LogP contribution in [0.2, 0.25) is 0 Å². The molecule has 1 aromatic rings. The van der Waals surface area contributed by atoms with Gasteiger partial charge in [0.25, 0.3) is 6.29 Å². The predicted octanol–water partition coefficient (Wildman–Crippen LogP) is 1.56. The topological polar surface area (TPSA) is 99.2 Å². The second-order valence-corrected chi connectivity index (χ2v) is 7.97. The maximum atomic E-state index is 13.3. The predicted molar refractivity (Wildman–Crippen MR) is 103 cm³/mol. The molecule has 0 unspecified atom stereocenters. The molecule has 0 spiro atoms. The third-order valence-corrected chi connectivity index (χ3v) is 6.00. The Morgan fingerprint density at radius 1 is 1.14 bits per heavy atom. The van der Waals surface area contributed by atoms with E-state index in [1.54, 1.807) is 30.4 Å². The number of halogens is 1. The minimum atomic E-state index is -1.53. The molecule has 0 N–H and O–H groups in total. The quantitative estimate of drug-likeness (QED) is 0.205. The van der Waals surface area contributed by atoms with Crippen LogP contribution in [0.5, 0.6) is 0 Å². The number of imide groups is 1. The fourth-order valence-electron chi connectivity index (χ4n) is 4.09. The van der Waals surface area contributed by atoms with E-state index in [2.05, 4.69) is 22.6 Å². The van der Waals surface area contributed by atoms with E-state index in [-0.39, 0.29) is 5.91 Å². The zero-order chi connectivity index (χ0) is 20.2. The second kappa shape index (κ2) is 6.66. The summed E-state index contributed by atoms with van der Waals surface area (Å²) in [5.41, 5.74) is -1.05. The lowest BCUT2D eigenvalue weighted by atomic mass is 9.76. The van der Waals surface area contributed by atoms with E-state index in [1.165, 1.54) is 0 Å². The van der Waals surface area contributed by atoms with Crippen molar-refractivity contribution in [3.05, 3.63) is 40.0 Å². The van der Waals surface area contributed by atoms with Crippen molar-refractivity contribution in [3.8, 4) is 0 Å². The van der Waals surface area contributed by atoms with Crippen molar-refractivity contribution >= 4 is 52.0 Å². The fraction of sp³-hybridized carbons (Fsp3) is 0.368. The average molecular weight is 497 g/mol. The van der Waals surface area contributed by atoms with E-state index in [0.717, 1.165) is 22.3 Å². The Kier molecular flexibility index (Phi) is 4.53. The third-order valence-electron chi connectivity index (χ3n) is 5.09. The van der Waals surface area contributed by atoms with E-state index in [1.807, 2.05) is 6.07 Å². The van der Waals surface area contributed by atoms with Crippen LogP contribution in [-0.4, -0.2) is 41.7 Å². The van der Waals surface area contributed by atoms with Crippen molar-refractivity contribution < 1.29 is 33.4 Å². The Balaban J connectivity index is 1.77. The van der Waals surface area contributed by atoms with Gasteiger partial charge in [-0.05, 0) is 40.8 Å². The van der Waals surface area contributed by atoms with Gasteiger partial charge in [-0.2, -0.15) is 0 Å². The van der Waals surface area contributed by atoms with Gasteiger partial charge in [0.15, 0.2) is 5.60 Å². The largest absolute Gasteiger partial charge is 0.422 e. The number of ether oxygens (including phenoxy) is 3. The Bertz CT molecular complexity index is 913. The van der Waals surface area contributed by atoms with Gasteiger partial charge in [0.2, 0.25) is 11.8 Å². The number of para-hydroxylation sites is 1. The van der Waals surface area contributed by atoms with Crippen LogP contribution in [0.25, 0.3) is 0 Å². The molecule has 146 valence electrons. The maximum Gasteiger partial charge on any atom is 0.305 e. The highest BCUT2D eigenvalue weighted by Gasteiger charge is 2.72. The summed E-state index contributed by atoms with van der Waals surface area (Å²) in [7, 11) is 0. The Morgan fingerprint density at radius 2 is 1.79 bits per heavy atom. The molecule has 28 heavy (non-hydrogen) atoms. The Morgan fingerprint density at radius 3 is 2.39 bits per heavy atom. The molecule has 0 aromatic heterocycles. The molecule has 3 heterocycles. The first-order valence-corrected chi connectivity index (χ1v) is 9.68. The molecule has 4 atom stereocenters. The highest BCUT2D eigenvalue weighted by Crippen LogP contribution is 2.55. The molecular formula is C19H16INO7. The molecule has 3 aliphatic heterocycles. The number of carbonyl (C=O) groups excluding carboxylic acids is 4. The number of anilines is 1. The number of esters is 2. The van der Waals surface area contributed by atoms with Crippen molar-refractivity contribution in [3.63, 3.8) is 0 Å². The standard InChI is InChI=1S/C19H16INO7/c1-9(22)26-18(27-10(2)23)19-8-7-13(28-19)14-15(19)17(25)21(16(14)24)12-6-4-3-5-11(12)20/h3-8,13-15,18H,1-2H3/t13-,14+,15-,19+/m1/s1. The third kappa shape index (κ3) is 2.67. The molecule has 3 aliphatic rings. The molecule has 0 radical (unpaired) electrons. The molecule has 0 aliphatic carbocycles. The number of fused-ring (bicyclic) bond motifs is 5. The van der Waals surface area contributed by atoms with E-state index in [4.69, 9.17) is 14.2 Å². The smallest absolute Gasteiger partial charge is 0.305 e. The van der Waals surface area contributed by atoms with E-state index in [9.17, 15) is 19.2 Å². The van der Waals surface area contributed by atoms with Gasteiger partial charge in [0, 0.05) is 17.4 Å². The Labute approximate surface area is 173 Å². The number of hydrogen-bond donors (Lipinski definition) is 0. The number of rotatable bonds is 4. The van der Waals surface area contributed by atoms with Crippen molar-refractivity contribution in [2.24, 2.45) is 11.8 Å². The summed E-state index contributed by atoms with van der Waals surface area (Å²) < 4.78 is 17.0. The summed E-state index contributed by atoms with van der Waals surface area (Å²) in [4.78, 5) is 50.7.